The lowest BCUT2D eigenvalue weighted by molar-refractivity contribution is -0.137. The molecule has 0 spiro atoms. The van der Waals surface area contributed by atoms with Crippen LogP contribution in [0.5, 0.6) is 0 Å². The molecule has 2 aliphatic rings. The summed E-state index contributed by atoms with van der Waals surface area (Å²) >= 11 is 0. The third-order valence-corrected chi connectivity index (χ3v) is 5.18. The number of nitrogens with one attached hydrogen (secondary N) is 1. The standard InChI is InChI=1S/C16H22N8O2/c17-16(26)24-3-1-2-11(8-24)15(25)23-6-4-22(5-7-23)14-12-13(19-9-18-12)20-10-21-14/h9-11H,1-8H2,(H2,17,26)(H,18,19,20,21)/t11-/m0/s1. The molecule has 138 valence electrons. The third-order valence-electron chi connectivity index (χ3n) is 5.18. The number of nitrogens with zero attached hydrogens (tertiary/aromatic N) is 6. The first-order chi connectivity index (χ1) is 12.6. The largest absolute Gasteiger partial charge is 0.351 e. The van der Waals surface area contributed by atoms with Crippen LogP contribution in [-0.2, 0) is 4.79 Å². The zero-order chi connectivity index (χ0) is 18.1. The van der Waals surface area contributed by atoms with Crippen molar-refractivity contribution in [2.45, 2.75) is 12.8 Å². The second-order valence-corrected chi connectivity index (χ2v) is 6.73. The highest BCUT2D eigenvalue weighted by molar-refractivity contribution is 5.83. The van der Waals surface area contributed by atoms with Crippen LogP contribution < -0.4 is 10.6 Å². The van der Waals surface area contributed by atoms with E-state index in [1.807, 2.05) is 4.90 Å². The number of anilines is 1. The van der Waals surface area contributed by atoms with E-state index in [2.05, 4.69) is 24.8 Å². The van der Waals surface area contributed by atoms with Crippen molar-refractivity contribution in [3.63, 3.8) is 0 Å². The molecule has 1 atom stereocenters. The molecule has 26 heavy (non-hydrogen) atoms. The highest BCUT2D eigenvalue weighted by Crippen LogP contribution is 2.23. The summed E-state index contributed by atoms with van der Waals surface area (Å²) in [5.41, 5.74) is 6.82. The molecule has 0 aromatic carbocycles. The van der Waals surface area contributed by atoms with Crippen LogP contribution in [-0.4, -0.2) is 80.9 Å². The minimum atomic E-state index is -0.445. The molecule has 2 aromatic rings. The van der Waals surface area contributed by atoms with Gasteiger partial charge in [-0.2, -0.15) is 0 Å². The molecule has 0 aliphatic carbocycles. The lowest BCUT2D eigenvalue weighted by Gasteiger charge is -2.39. The molecular formula is C16H22N8O2. The first-order valence-corrected chi connectivity index (χ1v) is 8.85. The Balaban J connectivity index is 1.39. The normalized spacial score (nSPS) is 21.2. The Hall–Kier alpha value is -2.91. The molecular weight excluding hydrogens is 336 g/mol. The first-order valence-electron chi connectivity index (χ1n) is 8.85. The Morgan fingerprint density at radius 1 is 1.08 bits per heavy atom. The summed E-state index contributed by atoms with van der Waals surface area (Å²) in [6.07, 6.45) is 4.74. The summed E-state index contributed by atoms with van der Waals surface area (Å²) in [6.45, 7) is 3.72. The molecule has 2 saturated heterocycles. The molecule has 2 fully saturated rings. The Labute approximate surface area is 150 Å². The lowest BCUT2D eigenvalue weighted by Crippen LogP contribution is -2.53. The number of carbonyl (C=O) groups is 2. The Morgan fingerprint density at radius 3 is 2.65 bits per heavy atom. The van der Waals surface area contributed by atoms with Gasteiger partial charge in [-0.3, -0.25) is 4.79 Å². The summed E-state index contributed by atoms with van der Waals surface area (Å²) in [5, 5.41) is 0. The van der Waals surface area contributed by atoms with Gasteiger partial charge in [-0.15, -0.1) is 0 Å². The maximum atomic E-state index is 12.8. The SMILES string of the molecule is NC(=O)N1CCC[C@H](C(=O)N2CCN(c3ncnc4nc[nH]c34)CC2)C1. The highest BCUT2D eigenvalue weighted by Gasteiger charge is 2.32. The smallest absolute Gasteiger partial charge is 0.314 e. The van der Waals surface area contributed by atoms with Crippen molar-refractivity contribution >= 4 is 28.9 Å². The number of piperidine rings is 1. The van der Waals surface area contributed by atoms with Gasteiger partial charge in [-0.05, 0) is 12.8 Å². The second-order valence-electron chi connectivity index (χ2n) is 6.73. The number of nitrogens with two attached hydrogens (primary N) is 1. The molecule has 0 unspecified atom stereocenters. The van der Waals surface area contributed by atoms with E-state index in [9.17, 15) is 9.59 Å². The van der Waals surface area contributed by atoms with E-state index in [1.165, 1.54) is 6.33 Å². The van der Waals surface area contributed by atoms with Gasteiger partial charge in [-0.1, -0.05) is 0 Å². The number of hydrogen-bond donors (Lipinski definition) is 2. The van der Waals surface area contributed by atoms with Crippen molar-refractivity contribution in [3.05, 3.63) is 12.7 Å². The van der Waals surface area contributed by atoms with Crippen LogP contribution in [0, 0.1) is 5.92 Å². The number of aromatic nitrogens is 4. The number of rotatable bonds is 2. The number of imidazole rings is 1. The fourth-order valence-corrected chi connectivity index (χ4v) is 3.77. The third kappa shape index (κ3) is 3.02. The molecule has 0 bridgehead atoms. The van der Waals surface area contributed by atoms with Crippen LogP contribution in [0.25, 0.3) is 11.2 Å². The molecule has 3 amide bonds. The van der Waals surface area contributed by atoms with Gasteiger partial charge in [0.15, 0.2) is 11.5 Å². The van der Waals surface area contributed by atoms with E-state index < -0.39 is 6.03 Å². The minimum Gasteiger partial charge on any atom is -0.351 e. The number of urea groups is 1. The van der Waals surface area contributed by atoms with E-state index in [0.29, 0.717) is 44.9 Å². The minimum absolute atomic E-state index is 0.116. The number of amides is 3. The van der Waals surface area contributed by atoms with Crippen molar-refractivity contribution < 1.29 is 9.59 Å². The van der Waals surface area contributed by atoms with E-state index >= 15 is 0 Å². The van der Waals surface area contributed by atoms with Crippen molar-refractivity contribution in [3.8, 4) is 0 Å². The topological polar surface area (TPSA) is 124 Å². The van der Waals surface area contributed by atoms with Gasteiger partial charge < -0.3 is 25.4 Å². The number of H-pyrrole nitrogens is 1. The Morgan fingerprint density at radius 2 is 1.88 bits per heavy atom. The number of hydrogen-bond acceptors (Lipinski definition) is 6. The predicted octanol–water partition coefficient (Wildman–Crippen LogP) is -0.208. The Kier molecular flexibility index (Phi) is 4.31. The summed E-state index contributed by atoms with van der Waals surface area (Å²) in [7, 11) is 0. The van der Waals surface area contributed by atoms with Crippen LogP contribution in [0.2, 0.25) is 0 Å². The molecule has 10 nitrogen and oxygen atoms in total. The number of piperazine rings is 1. The van der Waals surface area contributed by atoms with Crippen molar-refractivity contribution in [1.29, 1.82) is 0 Å². The first kappa shape index (κ1) is 16.6. The van der Waals surface area contributed by atoms with Crippen molar-refractivity contribution in [1.82, 2.24) is 29.7 Å². The maximum Gasteiger partial charge on any atom is 0.314 e. The van der Waals surface area contributed by atoms with Gasteiger partial charge in [0.25, 0.3) is 0 Å². The number of fused-ring (bicyclic) bond motifs is 1. The van der Waals surface area contributed by atoms with E-state index in [1.54, 1.807) is 11.2 Å². The second kappa shape index (κ2) is 6.77. The number of likely N-dealkylation sites (tertiary alicyclic amines) is 1. The monoisotopic (exact) mass is 358 g/mol. The van der Waals surface area contributed by atoms with Crippen LogP contribution in [0.4, 0.5) is 10.6 Å². The van der Waals surface area contributed by atoms with Gasteiger partial charge in [0.2, 0.25) is 5.91 Å². The molecule has 0 saturated carbocycles. The van der Waals surface area contributed by atoms with Gasteiger partial charge in [0, 0.05) is 39.3 Å². The summed E-state index contributed by atoms with van der Waals surface area (Å²) in [5.74, 6) is 0.781. The van der Waals surface area contributed by atoms with Crippen molar-refractivity contribution in [2.24, 2.45) is 11.7 Å². The number of primary amides is 1. The molecule has 10 heteroatoms. The lowest BCUT2D eigenvalue weighted by atomic mass is 9.96. The maximum absolute atomic E-state index is 12.8. The van der Waals surface area contributed by atoms with Gasteiger partial charge >= 0.3 is 6.03 Å². The van der Waals surface area contributed by atoms with E-state index in [4.69, 9.17) is 5.73 Å². The average Bonchev–Trinajstić information content (AvgIpc) is 3.16. The fraction of sp³-hybridized carbons (Fsp3) is 0.562. The van der Waals surface area contributed by atoms with Crippen LogP contribution >= 0.6 is 0 Å². The van der Waals surface area contributed by atoms with E-state index in [0.717, 1.165) is 24.2 Å². The van der Waals surface area contributed by atoms with Gasteiger partial charge in [0.05, 0.1) is 12.2 Å². The average molecular weight is 358 g/mol. The molecule has 3 N–H and O–H groups in total. The number of aromatic amines is 1. The molecule has 2 aliphatic heterocycles. The highest BCUT2D eigenvalue weighted by atomic mass is 16.2. The summed E-state index contributed by atoms with van der Waals surface area (Å²) < 4.78 is 0. The predicted molar refractivity (Wildman–Crippen MR) is 94.4 cm³/mol. The number of carbonyl (C=O) groups excluding carboxylic acids is 2. The zero-order valence-corrected chi connectivity index (χ0v) is 14.5. The van der Waals surface area contributed by atoms with Gasteiger partial charge in [-0.25, -0.2) is 19.7 Å². The van der Waals surface area contributed by atoms with Crippen LogP contribution in [0.1, 0.15) is 12.8 Å². The zero-order valence-electron chi connectivity index (χ0n) is 14.5. The van der Waals surface area contributed by atoms with E-state index in [-0.39, 0.29) is 11.8 Å². The molecule has 4 rings (SSSR count). The Bertz CT molecular complexity index is 813. The quantitative estimate of drug-likeness (QED) is 0.765. The van der Waals surface area contributed by atoms with Crippen LogP contribution in [0.3, 0.4) is 0 Å². The van der Waals surface area contributed by atoms with Crippen LogP contribution in [0.15, 0.2) is 12.7 Å². The molecule has 4 heterocycles. The summed E-state index contributed by atoms with van der Waals surface area (Å²) in [6, 6.07) is -0.445. The molecule has 0 radical (unpaired) electrons. The fourth-order valence-electron chi connectivity index (χ4n) is 3.77. The van der Waals surface area contributed by atoms with Gasteiger partial charge in [0.1, 0.15) is 11.8 Å². The molecule has 2 aromatic heterocycles. The van der Waals surface area contributed by atoms with Crippen molar-refractivity contribution in [2.75, 3.05) is 44.2 Å². The summed E-state index contributed by atoms with van der Waals surface area (Å²) in [4.78, 5) is 45.5.